The molecule has 0 atom stereocenters. The molecule has 0 aliphatic carbocycles. The molecule has 0 unspecified atom stereocenters. The van der Waals surface area contributed by atoms with Crippen molar-refractivity contribution in [2.75, 3.05) is 13.1 Å². The summed E-state index contributed by atoms with van der Waals surface area (Å²) in [6.45, 7) is 5.47. The first-order valence-corrected chi connectivity index (χ1v) is 10.9. The average molecular weight is 390 g/mol. The van der Waals surface area contributed by atoms with Crippen molar-refractivity contribution in [3.8, 4) is 0 Å². The number of nitrogens with one attached hydrogen (secondary N) is 1. The monoisotopic (exact) mass is 389 g/mol. The molecule has 0 radical (unpaired) electrons. The molecular weight excluding hydrogens is 362 g/mol. The summed E-state index contributed by atoms with van der Waals surface area (Å²) in [6.07, 6.45) is 4.26. The zero-order valence-electron chi connectivity index (χ0n) is 15.9. The lowest BCUT2D eigenvalue weighted by atomic mass is 10.2. The second-order valence-corrected chi connectivity index (χ2v) is 9.16. The van der Waals surface area contributed by atoms with Crippen molar-refractivity contribution >= 4 is 15.9 Å². The van der Waals surface area contributed by atoms with Gasteiger partial charge in [-0.3, -0.25) is 4.79 Å². The zero-order chi connectivity index (χ0) is 19.4. The van der Waals surface area contributed by atoms with Gasteiger partial charge in [-0.1, -0.05) is 36.8 Å². The van der Waals surface area contributed by atoms with E-state index >= 15 is 0 Å². The predicted molar refractivity (Wildman–Crippen MR) is 105 cm³/mol. The van der Waals surface area contributed by atoms with Gasteiger partial charge in [0.1, 0.15) is 10.6 Å². The van der Waals surface area contributed by atoms with Gasteiger partial charge in [-0.2, -0.15) is 4.31 Å². The molecule has 1 aromatic carbocycles. The van der Waals surface area contributed by atoms with E-state index in [0.717, 1.165) is 24.8 Å². The van der Waals surface area contributed by atoms with Crippen molar-refractivity contribution in [2.24, 2.45) is 0 Å². The van der Waals surface area contributed by atoms with E-state index in [2.05, 4.69) is 4.98 Å². The van der Waals surface area contributed by atoms with Gasteiger partial charge in [0.15, 0.2) is 0 Å². The number of benzene rings is 1. The lowest BCUT2D eigenvalue weighted by molar-refractivity contribution is 0.0685. The van der Waals surface area contributed by atoms with Gasteiger partial charge in [0.05, 0.1) is 0 Å². The van der Waals surface area contributed by atoms with Crippen molar-refractivity contribution in [3.63, 3.8) is 0 Å². The molecule has 146 valence electrons. The van der Waals surface area contributed by atoms with E-state index in [1.54, 1.807) is 4.90 Å². The first-order chi connectivity index (χ1) is 12.9. The number of rotatable bonds is 6. The normalized spacial score (nSPS) is 15.8. The van der Waals surface area contributed by atoms with Crippen LogP contribution in [-0.2, 0) is 16.6 Å². The minimum absolute atomic E-state index is 0.0110. The number of aromatic amines is 1. The molecule has 1 aliphatic heterocycles. The van der Waals surface area contributed by atoms with Crippen LogP contribution >= 0.6 is 0 Å². The summed E-state index contributed by atoms with van der Waals surface area (Å²) in [5.74, 6) is -0.200. The number of sulfonamides is 1. The smallest absolute Gasteiger partial charge is 0.270 e. The summed E-state index contributed by atoms with van der Waals surface area (Å²) in [5.41, 5.74) is 1.34. The summed E-state index contributed by atoms with van der Waals surface area (Å²) in [7, 11) is -3.55. The van der Waals surface area contributed by atoms with Crippen LogP contribution in [0.4, 0.5) is 0 Å². The highest BCUT2D eigenvalue weighted by molar-refractivity contribution is 7.89. The Hall–Kier alpha value is -2.12. The highest BCUT2D eigenvalue weighted by Crippen LogP contribution is 2.22. The highest BCUT2D eigenvalue weighted by Gasteiger charge is 2.28. The molecule has 0 saturated carbocycles. The van der Waals surface area contributed by atoms with Gasteiger partial charge in [-0.15, -0.1) is 0 Å². The number of nitrogens with zero attached hydrogens (tertiary/aromatic N) is 2. The first-order valence-electron chi connectivity index (χ1n) is 9.43. The third-order valence-electron chi connectivity index (χ3n) is 4.92. The van der Waals surface area contributed by atoms with Crippen LogP contribution in [0.25, 0.3) is 0 Å². The number of H-pyrrole nitrogens is 1. The molecular formula is C20H27N3O3S. The van der Waals surface area contributed by atoms with E-state index in [0.29, 0.717) is 25.3 Å². The molecule has 1 aliphatic rings. The van der Waals surface area contributed by atoms with E-state index in [1.165, 1.54) is 16.6 Å². The van der Waals surface area contributed by atoms with Crippen LogP contribution < -0.4 is 0 Å². The van der Waals surface area contributed by atoms with Crippen molar-refractivity contribution in [2.45, 2.75) is 50.6 Å². The fourth-order valence-corrected chi connectivity index (χ4v) is 4.84. The van der Waals surface area contributed by atoms with E-state index in [4.69, 9.17) is 0 Å². The minimum atomic E-state index is -3.55. The highest BCUT2D eigenvalue weighted by atomic mass is 32.2. The first kappa shape index (κ1) is 19.6. The Kier molecular flexibility index (Phi) is 6.01. The van der Waals surface area contributed by atoms with Crippen LogP contribution in [0.1, 0.15) is 49.2 Å². The molecule has 1 saturated heterocycles. The molecule has 6 nitrogen and oxygen atoms in total. The van der Waals surface area contributed by atoms with Crippen LogP contribution in [0.2, 0.25) is 0 Å². The van der Waals surface area contributed by atoms with Crippen molar-refractivity contribution < 1.29 is 13.2 Å². The molecule has 0 spiro atoms. The van der Waals surface area contributed by atoms with Gasteiger partial charge in [0.2, 0.25) is 10.0 Å². The molecule has 0 bridgehead atoms. The number of hydrogen-bond acceptors (Lipinski definition) is 3. The molecule has 1 fully saturated rings. The van der Waals surface area contributed by atoms with Gasteiger partial charge in [0, 0.05) is 31.9 Å². The van der Waals surface area contributed by atoms with Gasteiger partial charge in [-0.05, 0) is 38.3 Å². The summed E-state index contributed by atoms with van der Waals surface area (Å²) in [5, 5.41) is 0. The molecule has 7 heteroatoms. The quantitative estimate of drug-likeness (QED) is 0.824. The Morgan fingerprint density at radius 1 is 1.15 bits per heavy atom. The SMILES string of the molecule is CC(C)N(Cc1ccccc1)C(=O)c1cc(S(=O)(=O)N2CCCCC2)c[nH]1. The summed E-state index contributed by atoms with van der Waals surface area (Å²) < 4.78 is 27.1. The van der Waals surface area contributed by atoms with E-state index in [9.17, 15) is 13.2 Å². The van der Waals surface area contributed by atoms with Crippen molar-refractivity contribution in [3.05, 3.63) is 53.9 Å². The number of hydrogen-bond donors (Lipinski definition) is 1. The molecule has 1 aromatic heterocycles. The largest absolute Gasteiger partial charge is 0.356 e. The predicted octanol–water partition coefficient (Wildman–Crippen LogP) is 3.24. The minimum Gasteiger partial charge on any atom is -0.356 e. The fourth-order valence-electron chi connectivity index (χ4n) is 3.32. The number of carbonyl (C=O) groups is 1. The lowest BCUT2D eigenvalue weighted by Crippen LogP contribution is -2.36. The Bertz CT molecular complexity index is 869. The summed E-state index contributed by atoms with van der Waals surface area (Å²) in [4.78, 5) is 17.8. The summed E-state index contributed by atoms with van der Waals surface area (Å²) >= 11 is 0. The van der Waals surface area contributed by atoms with Crippen LogP contribution in [0, 0.1) is 0 Å². The second kappa shape index (κ2) is 8.27. The maximum atomic E-state index is 13.0. The van der Waals surface area contributed by atoms with Gasteiger partial charge < -0.3 is 9.88 Å². The Morgan fingerprint density at radius 2 is 1.81 bits per heavy atom. The Labute approximate surface area is 161 Å². The second-order valence-electron chi connectivity index (χ2n) is 7.23. The van der Waals surface area contributed by atoms with E-state index in [1.807, 2.05) is 44.2 Å². The number of piperidine rings is 1. The Balaban J connectivity index is 1.80. The zero-order valence-corrected chi connectivity index (χ0v) is 16.7. The van der Waals surface area contributed by atoms with Crippen LogP contribution in [0.15, 0.2) is 47.5 Å². The molecule has 2 heterocycles. The Morgan fingerprint density at radius 3 is 2.44 bits per heavy atom. The van der Waals surface area contributed by atoms with Crippen LogP contribution in [-0.4, -0.2) is 47.6 Å². The third kappa shape index (κ3) is 4.42. The van der Waals surface area contributed by atoms with Crippen LogP contribution in [0.3, 0.4) is 0 Å². The van der Waals surface area contributed by atoms with E-state index < -0.39 is 10.0 Å². The molecule has 2 aromatic rings. The molecule has 1 amide bonds. The summed E-state index contributed by atoms with van der Waals surface area (Å²) in [6, 6.07) is 11.2. The maximum absolute atomic E-state index is 13.0. The van der Waals surface area contributed by atoms with Crippen molar-refractivity contribution in [1.29, 1.82) is 0 Å². The van der Waals surface area contributed by atoms with Gasteiger partial charge >= 0.3 is 0 Å². The van der Waals surface area contributed by atoms with Gasteiger partial charge in [-0.25, -0.2) is 8.42 Å². The maximum Gasteiger partial charge on any atom is 0.270 e. The molecule has 27 heavy (non-hydrogen) atoms. The molecule has 3 rings (SSSR count). The standard InChI is InChI=1S/C20H27N3O3S/c1-16(2)23(15-17-9-5-3-6-10-17)20(24)19-13-18(14-21-19)27(25,26)22-11-7-4-8-12-22/h3,5-6,9-10,13-14,16,21H,4,7-8,11-12,15H2,1-2H3. The number of carbonyl (C=O) groups excluding carboxylic acids is 1. The fraction of sp³-hybridized carbons (Fsp3) is 0.450. The molecule has 1 N–H and O–H groups in total. The van der Waals surface area contributed by atoms with Crippen LogP contribution in [0.5, 0.6) is 0 Å². The topological polar surface area (TPSA) is 73.5 Å². The average Bonchev–Trinajstić information content (AvgIpc) is 3.18. The van der Waals surface area contributed by atoms with Crippen molar-refractivity contribution in [1.82, 2.24) is 14.2 Å². The lowest BCUT2D eigenvalue weighted by Gasteiger charge is -2.26. The third-order valence-corrected chi connectivity index (χ3v) is 6.80. The number of amides is 1. The number of aromatic nitrogens is 1. The van der Waals surface area contributed by atoms with Gasteiger partial charge in [0.25, 0.3) is 5.91 Å². The van der Waals surface area contributed by atoms with E-state index in [-0.39, 0.29) is 16.8 Å².